The molecular weight excluding hydrogens is 216 g/mol. The van der Waals surface area contributed by atoms with Crippen molar-refractivity contribution in [3.63, 3.8) is 0 Å². The van der Waals surface area contributed by atoms with Gasteiger partial charge in [0.15, 0.2) is 0 Å². The summed E-state index contributed by atoms with van der Waals surface area (Å²) in [5.74, 6) is 0. The van der Waals surface area contributed by atoms with Crippen molar-refractivity contribution < 1.29 is 9.84 Å². The van der Waals surface area contributed by atoms with Gasteiger partial charge >= 0.3 is 0 Å². The Labute approximate surface area is 106 Å². The molecular formula is C13H30N2O2. The summed E-state index contributed by atoms with van der Waals surface area (Å²) in [6, 6.07) is 0. The van der Waals surface area contributed by atoms with Crippen LogP contribution in [-0.4, -0.2) is 62.0 Å². The number of aliphatic hydroxyl groups excluding tert-OH is 1. The highest BCUT2D eigenvalue weighted by Crippen LogP contribution is 2.11. The number of hydrogen-bond acceptors (Lipinski definition) is 4. The molecule has 0 aliphatic carbocycles. The van der Waals surface area contributed by atoms with E-state index in [1.165, 1.54) is 0 Å². The maximum absolute atomic E-state index is 9.36. The predicted molar refractivity (Wildman–Crippen MR) is 72.4 cm³/mol. The summed E-state index contributed by atoms with van der Waals surface area (Å²) >= 11 is 0. The minimum atomic E-state index is -0.129. The van der Waals surface area contributed by atoms with Crippen LogP contribution in [0.25, 0.3) is 0 Å². The second-order valence-corrected chi connectivity index (χ2v) is 4.85. The molecule has 1 atom stereocenters. The van der Waals surface area contributed by atoms with Crippen molar-refractivity contribution in [2.24, 2.45) is 0 Å². The van der Waals surface area contributed by atoms with Crippen LogP contribution in [0.1, 0.15) is 33.6 Å². The predicted octanol–water partition coefficient (Wildman–Crippen LogP) is 1.10. The lowest BCUT2D eigenvalue weighted by Gasteiger charge is -2.29. The molecule has 17 heavy (non-hydrogen) atoms. The fourth-order valence-electron chi connectivity index (χ4n) is 1.87. The molecule has 4 nitrogen and oxygen atoms in total. The average molecular weight is 246 g/mol. The molecule has 4 heteroatoms. The van der Waals surface area contributed by atoms with Crippen LogP contribution in [0, 0.1) is 0 Å². The van der Waals surface area contributed by atoms with Crippen LogP contribution in [-0.2, 0) is 4.74 Å². The van der Waals surface area contributed by atoms with Gasteiger partial charge in [0.2, 0.25) is 0 Å². The zero-order chi connectivity index (χ0) is 13.1. The van der Waals surface area contributed by atoms with Crippen LogP contribution < -0.4 is 5.32 Å². The number of nitrogens with one attached hydrogen (secondary N) is 1. The Hall–Kier alpha value is -0.160. The van der Waals surface area contributed by atoms with Gasteiger partial charge in [-0.15, -0.1) is 0 Å². The first-order chi connectivity index (χ1) is 8.08. The van der Waals surface area contributed by atoms with Crippen molar-refractivity contribution >= 4 is 0 Å². The Kier molecular flexibility index (Phi) is 9.74. The number of likely N-dealkylation sites (N-methyl/N-ethyl adjacent to an activating group) is 2. The van der Waals surface area contributed by atoms with E-state index >= 15 is 0 Å². The second kappa shape index (κ2) is 9.83. The summed E-state index contributed by atoms with van der Waals surface area (Å²) in [4.78, 5) is 2.28. The molecule has 2 N–H and O–H groups in total. The van der Waals surface area contributed by atoms with Crippen molar-refractivity contribution in [1.29, 1.82) is 0 Å². The van der Waals surface area contributed by atoms with Crippen LogP contribution in [0.15, 0.2) is 0 Å². The Bertz CT molecular complexity index is 179. The van der Waals surface area contributed by atoms with Crippen LogP contribution in [0.4, 0.5) is 0 Å². The van der Waals surface area contributed by atoms with Crippen LogP contribution >= 0.6 is 0 Å². The smallest absolute Gasteiger partial charge is 0.0610 e. The molecule has 104 valence electrons. The topological polar surface area (TPSA) is 44.7 Å². The van der Waals surface area contributed by atoms with Crippen LogP contribution in [0.5, 0.6) is 0 Å². The summed E-state index contributed by atoms with van der Waals surface area (Å²) in [7, 11) is 2.11. The largest absolute Gasteiger partial charge is 0.394 e. The normalized spacial score (nSPS) is 15.2. The highest BCUT2D eigenvalue weighted by atomic mass is 16.5. The fraction of sp³-hybridized carbons (Fsp3) is 1.00. The van der Waals surface area contributed by atoms with E-state index in [1.54, 1.807) is 0 Å². The van der Waals surface area contributed by atoms with E-state index in [2.05, 4.69) is 31.1 Å². The maximum atomic E-state index is 9.36. The van der Waals surface area contributed by atoms with Gasteiger partial charge in [0.1, 0.15) is 0 Å². The van der Waals surface area contributed by atoms with Crippen molar-refractivity contribution in [3.8, 4) is 0 Å². The van der Waals surface area contributed by atoms with Gasteiger partial charge < -0.3 is 20.1 Å². The van der Waals surface area contributed by atoms with Crippen molar-refractivity contribution in [2.45, 2.75) is 39.2 Å². The molecule has 0 fully saturated rings. The highest BCUT2D eigenvalue weighted by molar-refractivity contribution is 4.81. The lowest BCUT2D eigenvalue weighted by Crippen LogP contribution is -2.46. The van der Waals surface area contributed by atoms with E-state index in [1.807, 2.05) is 6.92 Å². The first-order valence-electron chi connectivity index (χ1n) is 6.70. The standard InChI is InChI=1S/C13H30N2O2/c1-5-14-13(3,12-16)8-7-9-15(4)10-11-17-6-2/h14,16H,5-12H2,1-4H3. The molecule has 0 aromatic heterocycles. The maximum Gasteiger partial charge on any atom is 0.0610 e. The van der Waals surface area contributed by atoms with Gasteiger partial charge in [-0.05, 0) is 46.8 Å². The first kappa shape index (κ1) is 16.8. The van der Waals surface area contributed by atoms with Gasteiger partial charge in [0.25, 0.3) is 0 Å². The first-order valence-corrected chi connectivity index (χ1v) is 6.70. The average Bonchev–Trinajstić information content (AvgIpc) is 2.30. The van der Waals surface area contributed by atoms with Crippen LogP contribution in [0.2, 0.25) is 0 Å². The highest BCUT2D eigenvalue weighted by Gasteiger charge is 2.21. The minimum Gasteiger partial charge on any atom is -0.394 e. The minimum absolute atomic E-state index is 0.129. The second-order valence-electron chi connectivity index (χ2n) is 4.85. The third-order valence-corrected chi connectivity index (χ3v) is 3.04. The van der Waals surface area contributed by atoms with Gasteiger partial charge in [-0.25, -0.2) is 0 Å². The molecule has 0 amide bonds. The Morgan fingerprint density at radius 3 is 2.53 bits per heavy atom. The monoisotopic (exact) mass is 246 g/mol. The Morgan fingerprint density at radius 1 is 1.29 bits per heavy atom. The molecule has 0 radical (unpaired) electrons. The van der Waals surface area contributed by atoms with Gasteiger partial charge in [0.05, 0.1) is 13.2 Å². The third kappa shape index (κ3) is 8.55. The lowest BCUT2D eigenvalue weighted by atomic mass is 9.96. The molecule has 1 unspecified atom stereocenters. The molecule has 0 bridgehead atoms. The van der Waals surface area contributed by atoms with Crippen molar-refractivity contribution in [1.82, 2.24) is 10.2 Å². The summed E-state index contributed by atoms with van der Waals surface area (Å²) in [6.45, 7) is 10.9. The number of hydrogen-bond donors (Lipinski definition) is 2. The van der Waals surface area contributed by atoms with Crippen molar-refractivity contribution in [2.75, 3.05) is 46.5 Å². The van der Waals surface area contributed by atoms with E-state index in [4.69, 9.17) is 4.74 Å². The fourth-order valence-corrected chi connectivity index (χ4v) is 1.87. The molecule has 0 spiro atoms. The lowest BCUT2D eigenvalue weighted by molar-refractivity contribution is 0.118. The Balaban J connectivity index is 3.65. The molecule has 0 saturated heterocycles. The third-order valence-electron chi connectivity index (χ3n) is 3.04. The zero-order valence-corrected chi connectivity index (χ0v) is 12.0. The van der Waals surface area contributed by atoms with Crippen LogP contribution in [0.3, 0.4) is 0 Å². The SMILES string of the molecule is CCNC(C)(CO)CCCN(C)CCOCC. The number of nitrogens with zero attached hydrogens (tertiary/aromatic N) is 1. The molecule has 0 heterocycles. The van der Waals surface area contributed by atoms with E-state index in [0.29, 0.717) is 0 Å². The summed E-state index contributed by atoms with van der Waals surface area (Å²) in [6.07, 6.45) is 2.09. The summed E-state index contributed by atoms with van der Waals surface area (Å²) in [5.41, 5.74) is -0.129. The summed E-state index contributed by atoms with van der Waals surface area (Å²) < 4.78 is 5.32. The van der Waals surface area contributed by atoms with E-state index < -0.39 is 0 Å². The van der Waals surface area contributed by atoms with E-state index in [9.17, 15) is 5.11 Å². The summed E-state index contributed by atoms with van der Waals surface area (Å²) in [5, 5.41) is 12.7. The molecule has 0 aliphatic rings. The number of rotatable bonds is 11. The number of ether oxygens (including phenoxy) is 1. The Morgan fingerprint density at radius 2 is 2.00 bits per heavy atom. The van der Waals surface area contributed by atoms with Gasteiger partial charge in [0, 0.05) is 18.7 Å². The molecule has 0 saturated carbocycles. The van der Waals surface area contributed by atoms with Gasteiger partial charge in [-0.3, -0.25) is 0 Å². The van der Waals surface area contributed by atoms with Crippen molar-refractivity contribution in [3.05, 3.63) is 0 Å². The molecule has 0 aromatic carbocycles. The van der Waals surface area contributed by atoms with Gasteiger partial charge in [-0.2, -0.15) is 0 Å². The molecule has 0 rings (SSSR count). The molecule has 0 aromatic rings. The quantitative estimate of drug-likeness (QED) is 0.536. The van der Waals surface area contributed by atoms with Gasteiger partial charge in [-0.1, -0.05) is 6.92 Å². The van der Waals surface area contributed by atoms with E-state index in [-0.39, 0.29) is 12.1 Å². The molecule has 0 aliphatic heterocycles. The number of aliphatic hydroxyl groups is 1. The zero-order valence-electron chi connectivity index (χ0n) is 12.0. The van der Waals surface area contributed by atoms with E-state index in [0.717, 1.165) is 45.7 Å².